The van der Waals surface area contributed by atoms with Crippen LogP contribution in [0.25, 0.3) is 104 Å². The quantitative estimate of drug-likeness (QED) is 0.173. The zero-order chi connectivity index (χ0) is 55.6. The summed E-state index contributed by atoms with van der Waals surface area (Å²) in [7, 11) is 2.12. The lowest BCUT2D eigenvalue weighted by Crippen LogP contribution is -1.92. The average Bonchev–Trinajstić information content (AvgIpc) is 4.20. The molecule has 0 N–H and O–H groups in total. The van der Waals surface area contributed by atoms with Crippen LogP contribution in [0.2, 0.25) is 0 Å². The molecule has 0 aliphatic heterocycles. The molecule has 0 radical (unpaired) electrons. The SMILES string of the molecule is Cc1ccc2c(c1)c1cc(C)ccc1n2-c1ccccc1.Cc1ccc2c(c1)c1ccccc1n2C.Cc1ccc2oc3ccc(C)cc3c2c1.Cc1cccc(-c2ccc3oc4ccc(C)cc4c3c2)c1.Cc1cccc(C)c1. The molecule has 0 atom stereocenters. The summed E-state index contributed by atoms with van der Waals surface area (Å²) in [5.41, 5.74) is 24.4. The molecule has 15 rings (SSSR count). The second-order valence-electron chi connectivity index (χ2n) is 21.8. The molecule has 394 valence electrons. The molecule has 4 aromatic heterocycles. The number of hydrogen-bond donors (Lipinski definition) is 0. The normalized spacial score (nSPS) is 11.1. The molecule has 0 aliphatic carbocycles. The topological polar surface area (TPSA) is 36.1 Å². The van der Waals surface area contributed by atoms with Crippen molar-refractivity contribution in [3.8, 4) is 16.8 Å². The average molecular weight is 1040 g/mol. The van der Waals surface area contributed by atoms with Crippen LogP contribution < -0.4 is 0 Å². The Morgan fingerprint density at radius 2 is 0.588 bits per heavy atom. The van der Waals surface area contributed by atoms with E-state index in [4.69, 9.17) is 8.83 Å². The lowest BCUT2D eigenvalue weighted by Gasteiger charge is -2.07. The first-order valence-corrected chi connectivity index (χ1v) is 27.7. The van der Waals surface area contributed by atoms with Crippen LogP contribution in [0, 0.1) is 62.3 Å². The molecule has 15 aromatic rings. The zero-order valence-electron chi connectivity index (χ0n) is 47.7. The van der Waals surface area contributed by atoms with E-state index >= 15 is 0 Å². The van der Waals surface area contributed by atoms with Crippen molar-refractivity contribution in [2.24, 2.45) is 7.05 Å². The number of aromatic nitrogens is 2. The Hall–Kier alpha value is -9.38. The maximum absolute atomic E-state index is 5.92. The van der Waals surface area contributed by atoms with Crippen molar-refractivity contribution in [3.63, 3.8) is 0 Å². The van der Waals surface area contributed by atoms with E-state index in [1.165, 1.54) is 132 Å². The maximum Gasteiger partial charge on any atom is 0.135 e. The van der Waals surface area contributed by atoms with Crippen LogP contribution in [0.5, 0.6) is 0 Å². The molecule has 0 spiro atoms. The highest BCUT2D eigenvalue weighted by Gasteiger charge is 2.13. The molecule has 0 bridgehead atoms. The molecule has 0 saturated carbocycles. The van der Waals surface area contributed by atoms with E-state index in [0.717, 1.165) is 22.3 Å². The molecule has 80 heavy (non-hydrogen) atoms. The standard InChI is InChI=1S/C20H17N.C20H16O.C14H13N.C14H12O.C8H10/c1-14-8-10-19-17(12-14)18-13-15(2)9-11-20(18)21(19)16-6-4-3-5-7-16;1-13-4-3-5-15(10-13)16-7-9-20-18(12-16)17-11-14(2)6-8-19(17)21-20;1-10-7-8-14-12(9-10)11-5-3-4-6-13(11)15(14)2;1-9-3-5-13-11(7-9)12-8-10(2)4-6-14(12)15-13;1-7-4-3-5-8(2)6-7/h3-13H,1-2H3;3-12H,1-2H3;3-9H,1-2H3;3-8H,1-2H3;3-6H,1-2H3. The van der Waals surface area contributed by atoms with Gasteiger partial charge in [0.25, 0.3) is 0 Å². The van der Waals surface area contributed by atoms with Crippen molar-refractivity contribution in [1.29, 1.82) is 0 Å². The van der Waals surface area contributed by atoms with Gasteiger partial charge in [-0.25, -0.2) is 0 Å². The van der Waals surface area contributed by atoms with Crippen LogP contribution >= 0.6 is 0 Å². The summed E-state index contributed by atoms with van der Waals surface area (Å²) < 4.78 is 16.3. The largest absolute Gasteiger partial charge is 0.456 e. The fraction of sp³-hybridized carbons (Fsp3) is 0.132. The third-order valence-electron chi connectivity index (χ3n) is 15.1. The van der Waals surface area contributed by atoms with E-state index in [1.807, 2.05) is 12.1 Å². The Labute approximate surface area is 469 Å². The van der Waals surface area contributed by atoms with Crippen molar-refractivity contribution in [3.05, 3.63) is 281 Å². The highest BCUT2D eigenvalue weighted by molar-refractivity contribution is 6.11. The van der Waals surface area contributed by atoms with E-state index in [0.29, 0.717) is 0 Å². The lowest BCUT2D eigenvalue weighted by molar-refractivity contribution is 0.668. The second-order valence-corrected chi connectivity index (χ2v) is 21.8. The van der Waals surface area contributed by atoms with Crippen LogP contribution in [0.4, 0.5) is 0 Å². The predicted octanol–water partition coefficient (Wildman–Crippen LogP) is 21.4. The fourth-order valence-electron chi connectivity index (χ4n) is 11.1. The highest BCUT2D eigenvalue weighted by atomic mass is 16.3. The molecule has 0 unspecified atom stereocenters. The first kappa shape index (κ1) is 52.7. The Morgan fingerprint density at radius 3 is 1.06 bits per heavy atom. The number of nitrogens with zero attached hydrogens (tertiary/aromatic N) is 2. The lowest BCUT2D eigenvalue weighted by atomic mass is 10.0. The van der Waals surface area contributed by atoms with E-state index in [9.17, 15) is 0 Å². The van der Waals surface area contributed by atoms with E-state index < -0.39 is 0 Å². The molecule has 0 aliphatic rings. The number of hydrogen-bond acceptors (Lipinski definition) is 2. The summed E-state index contributed by atoms with van der Waals surface area (Å²) in [6, 6.07) is 81.6. The van der Waals surface area contributed by atoms with Gasteiger partial charge in [-0.05, 0) is 177 Å². The first-order chi connectivity index (χ1) is 38.7. The molecule has 0 saturated heterocycles. The molecule has 4 heterocycles. The third kappa shape index (κ3) is 11.0. The van der Waals surface area contributed by atoms with Crippen molar-refractivity contribution in [2.75, 3.05) is 0 Å². The number of rotatable bonds is 2. The van der Waals surface area contributed by atoms with Gasteiger partial charge in [0, 0.05) is 66.9 Å². The van der Waals surface area contributed by atoms with Crippen LogP contribution in [-0.4, -0.2) is 9.13 Å². The van der Waals surface area contributed by atoms with Gasteiger partial charge in [0.1, 0.15) is 22.3 Å². The van der Waals surface area contributed by atoms with Gasteiger partial charge in [-0.2, -0.15) is 0 Å². The number of aryl methyl sites for hydroxylation is 10. The Morgan fingerprint density at radius 1 is 0.237 bits per heavy atom. The van der Waals surface area contributed by atoms with Crippen LogP contribution in [0.3, 0.4) is 0 Å². The maximum atomic E-state index is 5.92. The van der Waals surface area contributed by atoms with Crippen LogP contribution in [0.1, 0.15) is 50.1 Å². The molecule has 11 aromatic carbocycles. The molecule has 4 heteroatoms. The Kier molecular flexibility index (Phi) is 14.8. The highest BCUT2D eigenvalue weighted by Crippen LogP contribution is 2.36. The fourth-order valence-corrected chi connectivity index (χ4v) is 11.1. The van der Waals surface area contributed by atoms with Gasteiger partial charge in [0.2, 0.25) is 0 Å². The number of furan rings is 2. The minimum Gasteiger partial charge on any atom is -0.456 e. The Balaban J connectivity index is 0.000000109. The Bertz CT molecular complexity index is 4580. The van der Waals surface area contributed by atoms with E-state index in [2.05, 4.69) is 297 Å². The van der Waals surface area contributed by atoms with Crippen molar-refractivity contribution >= 4 is 87.5 Å². The number of benzene rings is 11. The molecule has 0 amide bonds. The van der Waals surface area contributed by atoms with Crippen LogP contribution in [0.15, 0.2) is 239 Å². The van der Waals surface area contributed by atoms with E-state index in [1.54, 1.807) is 0 Å². The summed E-state index contributed by atoms with van der Waals surface area (Å²) in [5.74, 6) is 0. The minimum absolute atomic E-state index is 0.951. The summed E-state index contributed by atoms with van der Waals surface area (Å²) in [4.78, 5) is 0. The number of fused-ring (bicyclic) bond motifs is 12. The summed E-state index contributed by atoms with van der Waals surface area (Å²) in [5, 5.41) is 10.2. The third-order valence-corrected chi connectivity index (χ3v) is 15.1. The zero-order valence-corrected chi connectivity index (χ0v) is 47.7. The summed E-state index contributed by atoms with van der Waals surface area (Å²) in [6.45, 7) is 19.1. The predicted molar refractivity (Wildman–Crippen MR) is 343 cm³/mol. The molecular weight excluding hydrogens is 973 g/mol. The van der Waals surface area contributed by atoms with Crippen LogP contribution in [-0.2, 0) is 7.05 Å². The van der Waals surface area contributed by atoms with Crippen molar-refractivity contribution in [1.82, 2.24) is 9.13 Å². The van der Waals surface area contributed by atoms with Gasteiger partial charge in [0.15, 0.2) is 0 Å². The molecular formula is C76H68N2O2. The second kappa shape index (κ2) is 22.5. The summed E-state index contributed by atoms with van der Waals surface area (Å²) in [6.07, 6.45) is 0. The smallest absolute Gasteiger partial charge is 0.135 e. The number of para-hydroxylation sites is 2. The van der Waals surface area contributed by atoms with Gasteiger partial charge in [0.05, 0.1) is 11.0 Å². The molecule has 0 fully saturated rings. The van der Waals surface area contributed by atoms with Gasteiger partial charge in [-0.3, -0.25) is 0 Å². The van der Waals surface area contributed by atoms with Gasteiger partial charge in [-0.15, -0.1) is 0 Å². The van der Waals surface area contributed by atoms with Gasteiger partial charge in [-0.1, -0.05) is 177 Å². The monoisotopic (exact) mass is 1040 g/mol. The van der Waals surface area contributed by atoms with E-state index in [-0.39, 0.29) is 0 Å². The van der Waals surface area contributed by atoms with Crippen molar-refractivity contribution in [2.45, 2.75) is 62.3 Å². The molecule has 4 nitrogen and oxygen atoms in total. The first-order valence-electron chi connectivity index (χ1n) is 27.7. The van der Waals surface area contributed by atoms with Gasteiger partial charge < -0.3 is 18.0 Å². The summed E-state index contributed by atoms with van der Waals surface area (Å²) >= 11 is 0. The minimum atomic E-state index is 0.951. The van der Waals surface area contributed by atoms with Gasteiger partial charge >= 0.3 is 0 Å². The van der Waals surface area contributed by atoms with Crippen molar-refractivity contribution < 1.29 is 8.83 Å².